The number of benzene rings is 2. The van der Waals surface area contributed by atoms with Crippen LogP contribution in [0.25, 0.3) is 11.1 Å². The molecular formula is C29H30F2N4O4. The molecule has 0 aliphatic rings. The Kier molecular flexibility index (Phi) is 9.92. The normalized spacial score (nSPS) is 13.0. The molecule has 1 heterocycles. The highest BCUT2D eigenvalue weighted by Gasteiger charge is 2.38. The zero-order valence-corrected chi connectivity index (χ0v) is 21.9. The number of ether oxygens (including phenoxy) is 2. The van der Waals surface area contributed by atoms with E-state index in [1.54, 1.807) is 45.0 Å². The molecule has 0 saturated carbocycles. The van der Waals surface area contributed by atoms with Gasteiger partial charge in [-0.1, -0.05) is 60.2 Å². The van der Waals surface area contributed by atoms with Crippen molar-refractivity contribution in [3.63, 3.8) is 0 Å². The second kappa shape index (κ2) is 13.3. The number of amides is 1. The fourth-order valence-corrected chi connectivity index (χ4v) is 4.15. The summed E-state index contributed by atoms with van der Waals surface area (Å²) in [5, 5.41) is 15.7. The van der Waals surface area contributed by atoms with Gasteiger partial charge in [0.05, 0.1) is 30.3 Å². The fourth-order valence-electron chi connectivity index (χ4n) is 4.15. The number of aromatic nitrogens is 2. The summed E-state index contributed by atoms with van der Waals surface area (Å²) in [5.41, 5.74) is 1.69. The smallest absolute Gasteiger partial charge is 0.408 e. The molecule has 0 aliphatic heterocycles. The van der Waals surface area contributed by atoms with E-state index in [0.29, 0.717) is 26.9 Å². The molecule has 0 spiro atoms. The number of carbonyl (C=O) groups excluding carboxylic acids is 2. The molecule has 1 N–H and O–H groups in total. The van der Waals surface area contributed by atoms with Crippen LogP contribution in [0, 0.1) is 11.3 Å². The number of alkyl halides is 2. The molecule has 3 rings (SSSR count). The predicted molar refractivity (Wildman–Crippen MR) is 140 cm³/mol. The Hall–Kier alpha value is -4.52. The number of hydrogen-bond acceptors (Lipinski definition) is 6. The van der Waals surface area contributed by atoms with Gasteiger partial charge in [-0.3, -0.25) is 4.79 Å². The lowest BCUT2D eigenvalue weighted by Crippen LogP contribution is -2.48. The third kappa shape index (κ3) is 8.23. The average molecular weight is 537 g/mol. The Morgan fingerprint density at radius 1 is 1.10 bits per heavy atom. The summed E-state index contributed by atoms with van der Waals surface area (Å²) in [7, 11) is 0. The van der Waals surface area contributed by atoms with Crippen molar-refractivity contribution in [1.82, 2.24) is 15.1 Å². The third-order valence-corrected chi connectivity index (χ3v) is 5.83. The summed E-state index contributed by atoms with van der Waals surface area (Å²) in [6.07, 6.45) is 2.61. The van der Waals surface area contributed by atoms with Crippen molar-refractivity contribution in [2.24, 2.45) is 0 Å². The van der Waals surface area contributed by atoms with Crippen molar-refractivity contribution >= 4 is 12.1 Å². The molecule has 0 saturated heterocycles. The van der Waals surface area contributed by atoms with Crippen LogP contribution in [0.1, 0.15) is 51.3 Å². The Morgan fingerprint density at radius 3 is 2.38 bits per heavy atom. The van der Waals surface area contributed by atoms with Gasteiger partial charge >= 0.3 is 18.6 Å². The minimum absolute atomic E-state index is 0.0132. The van der Waals surface area contributed by atoms with E-state index in [4.69, 9.17) is 9.47 Å². The molecule has 1 aromatic heterocycles. The summed E-state index contributed by atoms with van der Waals surface area (Å²) >= 11 is 0. The Balaban J connectivity index is 1.98. The monoisotopic (exact) mass is 536 g/mol. The number of hydrogen-bond donors (Lipinski definition) is 1. The Bertz CT molecular complexity index is 1330. The van der Waals surface area contributed by atoms with Gasteiger partial charge in [0.25, 0.3) is 0 Å². The van der Waals surface area contributed by atoms with Gasteiger partial charge in [0, 0.05) is 17.8 Å². The van der Waals surface area contributed by atoms with Crippen molar-refractivity contribution in [3.8, 4) is 17.2 Å². The Morgan fingerprint density at radius 2 is 1.79 bits per heavy atom. The molecule has 0 bridgehead atoms. The fraction of sp³-hybridized carbons (Fsp3) is 0.310. The number of carbonyl (C=O) groups is 2. The minimum atomic E-state index is -2.77. The Labute approximate surface area is 225 Å². The number of allylic oxidation sites excluding steroid dienone is 1. The van der Waals surface area contributed by atoms with Crippen LogP contribution in [0.3, 0.4) is 0 Å². The van der Waals surface area contributed by atoms with Gasteiger partial charge in [0.15, 0.2) is 0 Å². The molecule has 0 aliphatic carbocycles. The van der Waals surface area contributed by atoms with Crippen LogP contribution >= 0.6 is 0 Å². The average Bonchev–Trinajstić information content (AvgIpc) is 3.39. The van der Waals surface area contributed by atoms with Crippen LogP contribution in [0.2, 0.25) is 0 Å². The van der Waals surface area contributed by atoms with Crippen molar-refractivity contribution in [3.05, 3.63) is 89.8 Å². The van der Waals surface area contributed by atoms with Crippen LogP contribution in [-0.2, 0) is 26.4 Å². The zero-order valence-electron chi connectivity index (χ0n) is 21.9. The number of alkyl carbamates (subject to hydrolysis) is 1. The number of nitriles is 1. The number of nitrogens with one attached hydrogen (secondary N) is 1. The van der Waals surface area contributed by atoms with Gasteiger partial charge in [0.2, 0.25) is 0 Å². The largest absolute Gasteiger partial charge is 0.463 e. The molecule has 8 nitrogen and oxygen atoms in total. The van der Waals surface area contributed by atoms with E-state index >= 15 is 0 Å². The number of nitrogens with zero attached hydrogens (tertiary/aromatic N) is 3. The first kappa shape index (κ1) is 29.0. The molecule has 0 radical (unpaired) electrons. The summed E-state index contributed by atoms with van der Waals surface area (Å²) in [4.78, 5) is 26.0. The van der Waals surface area contributed by atoms with Crippen molar-refractivity contribution in [2.75, 3.05) is 0 Å². The van der Waals surface area contributed by atoms with Gasteiger partial charge in [-0.2, -0.15) is 19.1 Å². The number of rotatable bonds is 11. The highest BCUT2D eigenvalue weighted by Crippen LogP contribution is 2.35. The second-order valence-corrected chi connectivity index (χ2v) is 9.34. The van der Waals surface area contributed by atoms with Gasteiger partial charge in [0.1, 0.15) is 6.61 Å². The molecule has 0 fully saturated rings. The molecule has 1 atom stereocenters. The van der Waals surface area contributed by atoms with Crippen LogP contribution in [-0.4, -0.2) is 27.9 Å². The first-order valence-corrected chi connectivity index (χ1v) is 12.3. The molecule has 1 amide bonds. The van der Waals surface area contributed by atoms with E-state index in [1.807, 2.05) is 36.4 Å². The van der Waals surface area contributed by atoms with E-state index in [0.717, 1.165) is 5.56 Å². The third-order valence-electron chi connectivity index (χ3n) is 5.83. The van der Waals surface area contributed by atoms with Crippen LogP contribution in [0.15, 0.2) is 78.6 Å². The molecule has 1 unspecified atom stereocenters. The topological polar surface area (TPSA) is 106 Å². The zero-order chi connectivity index (χ0) is 28.4. The van der Waals surface area contributed by atoms with E-state index in [1.165, 1.54) is 18.5 Å². The molecule has 10 heteroatoms. The van der Waals surface area contributed by atoms with Crippen LogP contribution in [0.5, 0.6) is 0 Å². The molecule has 204 valence electrons. The summed E-state index contributed by atoms with van der Waals surface area (Å²) in [5.74, 6) is -0.555. The standard InChI is InChI=1S/C29H30F2N4O4/c1-20(2)39-26(36)16-29(15-21(3)13-14-32,34-28(37)38-19-22-7-5-4-6-8-22)25-11-9-23(10-12-25)24-17-33-35(18-24)27(30)31/h4-13,17-18,20,27H,15-16,19H2,1-3H3,(H,34,37). The SMILES string of the molecule is CC(=CC#N)CC(CC(=O)OC(C)C)(NC(=O)OCc1ccccc1)c1ccc(-c2cnn(C(F)F)c2)cc1. The lowest BCUT2D eigenvalue weighted by molar-refractivity contribution is -0.149. The van der Waals surface area contributed by atoms with Crippen LogP contribution < -0.4 is 5.32 Å². The van der Waals surface area contributed by atoms with E-state index in [9.17, 15) is 23.6 Å². The maximum absolute atomic E-state index is 13.1. The number of halogens is 2. The summed E-state index contributed by atoms with van der Waals surface area (Å²) in [6.45, 7) is 2.40. The maximum atomic E-state index is 13.1. The van der Waals surface area contributed by atoms with Gasteiger partial charge < -0.3 is 14.8 Å². The number of esters is 1. The quantitative estimate of drug-likeness (QED) is 0.229. The highest BCUT2D eigenvalue weighted by atomic mass is 19.3. The highest BCUT2D eigenvalue weighted by molar-refractivity contribution is 5.75. The van der Waals surface area contributed by atoms with Gasteiger partial charge in [-0.25, -0.2) is 9.48 Å². The van der Waals surface area contributed by atoms with E-state index in [2.05, 4.69) is 10.4 Å². The molecule has 39 heavy (non-hydrogen) atoms. The van der Waals surface area contributed by atoms with E-state index in [-0.39, 0.29) is 25.6 Å². The van der Waals surface area contributed by atoms with Crippen molar-refractivity contribution < 1.29 is 27.8 Å². The van der Waals surface area contributed by atoms with Crippen molar-refractivity contribution in [1.29, 1.82) is 5.26 Å². The minimum Gasteiger partial charge on any atom is -0.463 e. The molecule has 3 aromatic rings. The van der Waals surface area contributed by atoms with Crippen molar-refractivity contribution in [2.45, 2.75) is 58.4 Å². The first-order valence-electron chi connectivity index (χ1n) is 12.3. The van der Waals surface area contributed by atoms with Crippen LogP contribution in [0.4, 0.5) is 13.6 Å². The summed E-state index contributed by atoms with van der Waals surface area (Å²) < 4.78 is 37.4. The summed E-state index contributed by atoms with van der Waals surface area (Å²) in [6, 6.07) is 17.9. The first-order chi connectivity index (χ1) is 18.6. The lowest BCUT2D eigenvalue weighted by Gasteiger charge is -2.35. The maximum Gasteiger partial charge on any atom is 0.408 e. The second-order valence-electron chi connectivity index (χ2n) is 9.34. The van der Waals surface area contributed by atoms with Gasteiger partial charge in [-0.05, 0) is 43.9 Å². The molecular weight excluding hydrogens is 506 g/mol. The predicted octanol–water partition coefficient (Wildman–Crippen LogP) is 6.27. The van der Waals surface area contributed by atoms with E-state index < -0.39 is 24.2 Å². The lowest BCUT2D eigenvalue weighted by atomic mass is 9.80. The molecule has 2 aromatic carbocycles. The van der Waals surface area contributed by atoms with Gasteiger partial charge in [-0.15, -0.1) is 0 Å².